The lowest BCUT2D eigenvalue weighted by atomic mass is 10.3. The van der Waals surface area contributed by atoms with Crippen LogP contribution in [-0.2, 0) is 16.1 Å². The summed E-state index contributed by atoms with van der Waals surface area (Å²) >= 11 is 7.27. The van der Waals surface area contributed by atoms with Crippen molar-refractivity contribution in [3.8, 4) is 0 Å². The minimum Gasteiger partial charge on any atom is -0.366 e. The fourth-order valence-electron chi connectivity index (χ4n) is 1.47. The monoisotopic (exact) mass is 260 g/mol. The molecule has 0 saturated carbocycles. The van der Waals surface area contributed by atoms with Crippen LogP contribution in [0.5, 0.6) is 0 Å². The van der Waals surface area contributed by atoms with Gasteiger partial charge in [-0.1, -0.05) is 11.6 Å². The van der Waals surface area contributed by atoms with Crippen LogP contribution in [0.25, 0.3) is 0 Å². The van der Waals surface area contributed by atoms with E-state index in [4.69, 9.17) is 16.3 Å². The molecule has 1 aromatic heterocycles. The number of thiophene rings is 1. The van der Waals surface area contributed by atoms with E-state index in [1.807, 2.05) is 12.1 Å². The van der Waals surface area contributed by atoms with Gasteiger partial charge in [-0.05, 0) is 12.1 Å². The number of rotatable bonds is 3. The number of carbonyl (C=O) groups is 1. The summed E-state index contributed by atoms with van der Waals surface area (Å²) in [6.07, 6.45) is -0.371. The molecule has 1 aliphatic heterocycles. The molecule has 2 heterocycles. The lowest BCUT2D eigenvalue weighted by Crippen LogP contribution is -2.47. The van der Waals surface area contributed by atoms with E-state index in [2.05, 4.69) is 10.6 Å². The lowest BCUT2D eigenvalue weighted by molar-refractivity contribution is -0.134. The van der Waals surface area contributed by atoms with Crippen LogP contribution in [0, 0.1) is 0 Å². The highest BCUT2D eigenvalue weighted by Crippen LogP contribution is 2.20. The number of morpholine rings is 1. The van der Waals surface area contributed by atoms with E-state index in [1.165, 1.54) is 11.3 Å². The summed E-state index contributed by atoms with van der Waals surface area (Å²) in [6, 6.07) is 3.74. The third-order valence-corrected chi connectivity index (χ3v) is 3.52. The Morgan fingerprint density at radius 1 is 1.69 bits per heavy atom. The third-order valence-electron chi connectivity index (χ3n) is 2.29. The quantitative estimate of drug-likeness (QED) is 0.853. The van der Waals surface area contributed by atoms with Crippen molar-refractivity contribution in [3.63, 3.8) is 0 Å². The number of carbonyl (C=O) groups excluding carboxylic acids is 1. The Balaban J connectivity index is 1.78. The average molecular weight is 261 g/mol. The van der Waals surface area contributed by atoms with Gasteiger partial charge in [0.25, 0.3) is 5.91 Å². The van der Waals surface area contributed by atoms with Gasteiger partial charge < -0.3 is 15.4 Å². The van der Waals surface area contributed by atoms with Gasteiger partial charge in [0.05, 0.1) is 17.5 Å². The maximum Gasteiger partial charge on any atom is 0.250 e. The molecular formula is C10H13ClN2O2S. The van der Waals surface area contributed by atoms with Gasteiger partial charge in [-0.25, -0.2) is 0 Å². The van der Waals surface area contributed by atoms with Crippen molar-refractivity contribution in [1.82, 2.24) is 10.6 Å². The highest BCUT2D eigenvalue weighted by molar-refractivity contribution is 7.16. The second kappa shape index (κ2) is 5.63. The van der Waals surface area contributed by atoms with E-state index < -0.39 is 0 Å². The predicted octanol–water partition coefficient (Wildman–Crippen LogP) is 1.01. The molecule has 2 rings (SSSR count). The van der Waals surface area contributed by atoms with Crippen molar-refractivity contribution in [2.24, 2.45) is 0 Å². The molecule has 0 bridgehead atoms. The molecule has 16 heavy (non-hydrogen) atoms. The molecule has 0 radical (unpaired) electrons. The first-order chi connectivity index (χ1) is 7.75. The van der Waals surface area contributed by atoms with Crippen LogP contribution in [0.15, 0.2) is 12.1 Å². The predicted molar refractivity (Wildman–Crippen MR) is 63.8 cm³/mol. The van der Waals surface area contributed by atoms with Gasteiger partial charge >= 0.3 is 0 Å². The highest BCUT2D eigenvalue weighted by Gasteiger charge is 2.21. The normalized spacial score (nSPS) is 20.7. The molecule has 88 valence electrons. The minimum absolute atomic E-state index is 0.0725. The standard InChI is InChI=1S/C10H13ClN2O2S/c11-9-2-1-7(16-9)5-13-10(14)8-6-12-3-4-15-8/h1-2,8,12H,3-6H2,(H,13,14). The molecule has 4 nitrogen and oxygen atoms in total. The van der Waals surface area contributed by atoms with Gasteiger partial charge in [0.1, 0.15) is 6.10 Å². The fraction of sp³-hybridized carbons (Fsp3) is 0.500. The molecule has 1 fully saturated rings. The first kappa shape index (κ1) is 11.9. The van der Waals surface area contributed by atoms with Crippen LogP contribution in [0.3, 0.4) is 0 Å². The number of hydrogen-bond acceptors (Lipinski definition) is 4. The number of ether oxygens (including phenoxy) is 1. The third kappa shape index (κ3) is 3.18. The Kier molecular flexibility index (Phi) is 4.17. The van der Waals surface area contributed by atoms with Gasteiger partial charge in [0.15, 0.2) is 0 Å². The summed E-state index contributed by atoms with van der Waals surface area (Å²) in [5.74, 6) is -0.0725. The molecule has 0 spiro atoms. The van der Waals surface area contributed by atoms with Gasteiger partial charge in [0.2, 0.25) is 0 Å². The van der Waals surface area contributed by atoms with Gasteiger partial charge in [0, 0.05) is 18.0 Å². The topological polar surface area (TPSA) is 50.4 Å². The zero-order chi connectivity index (χ0) is 11.4. The van der Waals surface area contributed by atoms with Crippen LogP contribution in [-0.4, -0.2) is 31.7 Å². The van der Waals surface area contributed by atoms with Crippen molar-refractivity contribution in [1.29, 1.82) is 0 Å². The maximum absolute atomic E-state index is 11.7. The van der Waals surface area contributed by atoms with Crippen LogP contribution in [0.2, 0.25) is 4.34 Å². The Labute approximate surface area is 103 Å². The summed E-state index contributed by atoms with van der Waals surface area (Å²) in [5, 5.41) is 5.94. The number of amides is 1. The van der Waals surface area contributed by atoms with E-state index in [0.29, 0.717) is 19.7 Å². The van der Waals surface area contributed by atoms with Crippen molar-refractivity contribution in [2.75, 3.05) is 19.7 Å². The summed E-state index contributed by atoms with van der Waals surface area (Å²) in [7, 11) is 0. The van der Waals surface area contributed by atoms with Crippen molar-refractivity contribution < 1.29 is 9.53 Å². The average Bonchev–Trinajstić information content (AvgIpc) is 2.73. The van der Waals surface area contributed by atoms with Crippen molar-refractivity contribution in [2.45, 2.75) is 12.6 Å². The number of hydrogen-bond donors (Lipinski definition) is 2. The number of halogens is 1. The zero-order valence-electron chi connectivity index (χ0n) is 8.66. The smallest absolute Gasteiger partial charge is 0.250 e. The van der Waals surface area contributed by atoms with Gasteiger partial charge in [-0.3, -0.25) is 4.79 Å². The molecule has 6 heteroatoms. The van der Waals surface area contributed by atoms with Crippen molar-refractivity contribution >= 4 is 28.8 Å². The minimum atomic E-state index is -0.371. The first-order valence-electron chi connectivity index (χ1n) is 5.10. The molecule has 2 N–H and O–H groups in total. The van der Waals surface area contributed by atoms with E-state index in [0.717, 1.165) is 15.8 Å². The Hall–Kier alpha value is -0.620. The number of nitrogens with one attached hydrogen (secondary N) is 2. The SMILES string of the molecule is O=C(NCc1ccc(Cl)s1)C1CNCCO1. The second-order valence-corrected chi connectivity index (χ2v) is 5.29. The molecule has 1 unspecified atom stereocenters. The molecule has 1 amide bonds. The molecular weight excluding hydrogens is 248 g/mol. The first-order valence-corrected chi connectivity index (χ1v) is 6.29. The second-order valence-electron chi connectivity index (χ2n) is 3.49. The Morgan fingerprint density at radius 3 is 3.19 bits per heavy atom. The van der Waals surface area contributed by atoms with E-state index >= 15 is 0 Å². The Morgan fingerprint density at radius 2 is 2.56 bits per heavy atom. The van der Waals surface area contributed by atoms with Gasteiger partial charge in [-0.2, -0.15) is 0 Å². The summed E-state index contributed by atoms with van der Waals surface area (Å²) in [4.78, 5) is 12.7. The highest BCUT2D eigenvalue weighted by atomic mass is 35.5. The van der Waals surface area contributed by atoms with E-state index in [1.54, 1.807) is 0 Å². The molecule has 1 aromatic rings. The summed E-state index contributed by atoms with van der Waals surface area (Å²) < 4.78 is 6.07. The van der Waals surface area contributed by atoms with E-state index in [9.17, 15) is 4.79 Å². The molecule has 1 aliphatic rings. The van der Waals surface area contributed by atoms with Crippen LogP contribution in [0.1, 0.15) is 4.88 Å². The van der Waals surface area contributed by atoms with Crippen molar-refractivity contribution in [3.05, 3.63) is 21.3 Å². The summed E-state index contributed by atoms with van der Waals surface area (Å²) in [6.45, 7) is 2.49. The lowest BCUT2D eigenvalue weighted by Gasteiger charge is -2.22. The van der Waals surface area contributed by atoms with Gasteiger partial charge in [-0.15, -0.1) is 11.3 Å². The zero-order valence-corrected chi connectivity index (χ0v) is 10.2. The van der Waals surface area contributed by atoms with Crippen LogP contribution in [0.4, 0.5) is 0 Å². The van der Waals surface area contributed by atoms with E-state index in [-0.39, 0.29) is 12.0 Å². The summed E-state index contributed by atoms with van der Waals surface area (Å²) in [5.41, 5.74) is 0. The maximum atomic E-state index is 11.7. The molecule has 1 saturated heterocycles. The fourth-order valence-corrected chi connectivity index (χ4v) is 2.50. The Bertz CT molecular complexity index is 363. The molecule has 0 aliphatic carbocycles. The largest absolute Gasteiger partial charge is 0.366 e. The van der Waals surface area contributed by atoms with Crippen LogP contribution >= 0.6 is 22.9 Å². The molecule has 1 atom stereocenters. The molecule has 0 aromatic carbocycles. The van der Waals surface area contributed by atoms with Crippen LogP contribution < -0.4 is 10.6 Å².